The lowest BCUT2D eigenvalue weighted by Crippen LogP contribution is -2.12. The number of carbonyl (C=O) groups is 1. The summed E-state index contributed by atoms with van der Waals surface area (Å²) in [6.07, 6.45) is 0. The van der Waals surface area contributed by atoms with E-state index in [4.69, 9.17) is 23.2 Å². The molecule has 6 heteroatoms. The van der Waals surface area contributed by atoms with Crippen LogP contribution in [-0.4, -0.2) is 15.7 Å². The summed E-state index contributed by atoms with van der Waals surface area (Å²) in [4.78, 5) is 12.2. The first-order valence-corrected chi connectivity index (χ1v) is 7.67. The molecule has 0 amide bonds. The van der Waals surface area contributed by atoms with Crippen LogP contribution >= 0.6 is 23.2 Å². The van der Waals surface area contributed by atoms with E-state index in [1.54, 1.807) is 18.2 Å². The van der Waals surface area contributed by atoms with Gasteiger partial charge < -0.3 is 0 Å². The SMILES string of the molecule is O=C(CS(=O)c1c(Cl)cccc1Cl)c1cccc(F)c1. The molecule has 0 saturated carbocycles. The first kappa shape index (κ1) is 15.2. The van der Waals surface area contributed by atoms with E-state index >= 15 is 0 Å². The predicted octanol–water partition coefficient (Wildman–Crippen LogP) is 4.12. The molecule has 0 aliphatic heterocycles. The van der Waals surface area contributed by atoms with Crippen molar-refractivity contribution in [3.63, 3.8) is 0 Å². The second kappa shape index (κ2) is 6.48. The van der Waals surface area contributed by atoms with E-state index in [-0.39, 0.29) is 26.3 Å². The molecular weight excluding hydrogens is 322 g/mol. The van der Waals surface area contributed by atoms with Gasteiger partial charge in [0.05, 0.1) is 31.5 Å². The van der Waals surface area contributed by atoms with Gasteiger partial charge in [0.2, 0.25) is 0 Å². The molecule has 2 nitrogen and oxygen atoms in total. The minimum absolute atomic E-state index is 0.168. The molecule has 1 unspecified atom stereocenters. The zero-order chi connectivity index (χ0) is 14.7. The van der Waals surface area contributed by atoms with Crippen molar-refractivity contribution in [2.45, 2.75) is 4.90 Å². The molecule has 0 heterocycles. The Hall–Kier alpha value is -1.23. The van der Waals surface area contributed by atoms with Gasteiger partial charge in [-0.05, 0) is 24.3 Å². The highest BCUT2D eigenvalue weighted by molar-refractivity contribution is 7.86. The van der Waals surface area contributed by atoms with Crippen LogP contribution in [0.1, 0.15) is 10.4 Å². The Kier molecular flexibility index (Phi) is 4.91. The standard InChI is InChI=1S/C14H9Cl2FO2S/c15-11-5-2-6-12(16)14(11)20(19)8-13(18)9-3-1-4-10(17)7-9/h1-7H,8H2. The van der Waals surface area contributed by atoms with Gasteiger partial charge in [0.15, 0.2) is 5.78 Å². The first-order chi connectivity index (χ1) is 9.49. The maximum Gasteiger partial charge on any atom is 0.175 e. The van der Waals surface area contributed by atoms with Crippen LogP contribution in [0.2, 0.25) is 10.0 Å². The lowest BCUT2D eigenvalue weighted by molar-refractivity contribution is 0.102. The molecule has 1 atom stereocenters. The molecule has 0 saturated heterocycles. The van der Waals surface area contributed by atoms with Crippen molar-refractivity contribution < 1.29 is 13.4 Å². The third-order valence-corrected chi connectivity index (χ3v) is 4.83. The van der Waals surface area contributed by atoms with Crippen LogP contribution in [0.4, 0.5) is 4.39 Å². The number of ketones is 1. The van der Waals surface area contributed by atoms with Crippen LogP contribution in [0.5, 0.6) is 0 Å². The topological polar surface area (TPSA) is 34.1 Å². The lowest BCUT2D eigenvalue weighted by atomic mass is 10.1. The van der Waals surface area contributed by atoms with Crippen molar-refractivity contribution >= 4 is 39.8 Å². The second-order valence-corrected chi connectivity index (χ2v) is 6.18. The Balaban J connectivity index is 2.22. The summed E-state index contributed by atoms with van der Waals surface area (Å²) >= 11 is 11.9. The first-order valence-electron chi connectivity index (χ1n) is 5.60. The van der Waals surface area contributed by atoms with Crippen LogP contribution in [0, 0.1) is 5.82 Å². The summed E-state index contributed by atoms with van der Waals surface area (Å²) in [5, 5.41) is 0.478. The van der Waals surface area contributed by atoms with Gasteiger partial charge in [-0.15, -0.1) is 0 Å². The van der Waals surface area contributed by atoms with E-state index in [1.807, 2.05) is 0 Å². The van der Waals surface area contributed by atoms with E-state index < -0.39 is 22.4 Å². The minimum Gasteiger partial charge on any atom is -0.293 e. The van der Waals surface area contributed by atoms with Gasteiger partial charge in [-0.2, -0.15) is 0 Å². The predicted molar refractivity (Wildman–Crippen MR) is 78.5 cm³/mol. The molecule has 0 aliphatic carbocycles. The van der Waals surface area contributed by atoms with Gasteiger partial charge in [0.1, 0.15) is 5.82 Å². The van der Waals surface area contributed by atoms with Crippen molar-refractivity contribution in [1.29, 1.82) is 0 Å². The summed E-state index contributed by atoms with van der Waals surface area (Å²) in [7, 11) is -1.68. The fraction of sp³-hybridized carbons (Fsp3) is 0.0714. The van der Waals surface area contributed by atoms with Crippen molar-refractivity contribution in [2.24, 2.45) is 0 Å². The largest absolute Gasteiger partial charge is 0.293 e. The molecule has 0 spiro atoms. The number of hydrogen-bond acceptors (Lipinski definition) is 2. The maximum atomic E-state index is 13.0. The summed E-state index contributed by atoms with van der Waals surface area (Å²) in [6, 6.07) is 9.96. The molecule has 0 N–H and O–H groups in total. The van der Waals surface area contributed by atoms with Crippen LogP contribution < -0.4 is 0 Å². The van der Waals surface area contributed by atoms with Crippen LogP contribution in [-0.2, 0) is 10.8 Å². The van der Waals surface area contributed by atoms with Gasteiger partial charge in [0, 0.05) is 5.56 Å². The molecule has 20 heavy (non-hydrogen) atoms. The third kappa shape index (κ3) is 3.45. The molecular formula is C14H9Cl2FO2S. The molecule has 0 aliphatic rings. The summed E-state index contributed by atoms with van der Waals surface area (Å²) in [5.74, 6) is -1.25. The monoisotopic (exact) mass is 330 g/mol. The van der Waals surface area contributed by atoms with E-state index in [9.17, 15) is 13.4 Å². The fourth-order valence-electron chi connectivity index (χ4n) is 1.64. The van der Waals surface area contributed by atoms with Gasteiger partial charge >= 0.3 is 0 Å². The van der Waals surface area contributed by atoms with E-state index in [1.165, 1.54) is 18.2 Å². The molecule has 2 aromatic rings. The number of Topliss-reactive ketones (excluding diaryl/α,β-unsaturated/α-hetero) is 1. The van der Waals surface area contributed by atoms with Crippen molar-refractivity contribution in [2.75, 3.05) is 5.75 Å². The highest BCUT2D eigenvalue weighted by Crippen LogP contribution is 2.28. The lowest BCUT2D eigenvalue weighted by Gasteiger charge is -2.06. The smallest absolute Gasteiger partial charge is 0.175 e. The Morgan fingerprint density at radius 1 is 1.10 bits per heavy atom. The van der Waals surface area contributed by atoms with E-state index in [0.29, 0.717) is 0 Å². The quantitative estimate of drug-likeness (QED) is 0.790. The van der Waals surface area contributed by atoms with Crippen molar-refractivity contribution in [3.8, 4) is 0 Å². The normalized spacial score (nSPS) is 12.2. The molecule has 0 aromatic heterocycles. The molecule has 0 fully saturated rings. The van der Waals surface area contributed by atoms with Gasteiger partial charge in [0.25, 0.3) is 0 Å². The van der Waals surface area contributed by atoms with E-state index in [2.05, 4.69) is 0 Å². The van der Waals surface area contributed by atoms with Gasteiger partial charge in [-0.3, -0.25) is 9.00 Å². The third-order valence-electron chi connectivity index (χ3n) is 2.56. The van der Waals surface area contributed by atoms with Crippen LogP contribution in [0.15, 0.2) is 47.4 Å². The molecule has 0 radical (unpaired) electrons. The van der Waals surface area contributed by atoms with Gasteiger partial charge in [-0.1, -0.05) is 41.4 Å². The zero-order valence-corrected chi connectivity index (χ0v) is 12.4. The highest BCUT2D eigenvalue weighted by atomic mass is 35.5. The average Bonchev–Trinajstić information content (AvgIpc) is 2.38. The summed E-state index contributed by atoms with van der Waals surface area (Å²) in [5.41, 5.74) is 0.168. The maximum absolute atomic E-state index is 13.0. The minimum atomic E-state index is -1.68. The Labute approximate surface area is 128 Å². The average molecular weight is 331 g/mol. The summed E-state index contributed by atoms with van der Waals surface area (Å²) in [6.45, 7) is 0. The van der Waals surface area contributed by atoms with Crippen molar-refractivity contribution in [1.82, 2.24) is 0 Å². The zero-order valence-electron chi connectivity index (χ0n) is 10.1. The van der Waals surface area contributed by atoms with Crippen molar-refractivity contribution in [3.05, 3.63) is 63.9 Å². The summed E-state index contributed by atoms with van der Waals surface area (Å²) < 4.78 is 25.2. The number of rotatable bonds is 4. The van der Waals surface area contributed by atoms with Crippen LogP contribution in [0.25, 0.3) is 0 Å². The number of hydrogen-bond donors (Lipinski definition) is 0. The Bertz CT molecular complexity index is 668. The molecule has 104 valence electrons. The van der Waals surface area contributed by atoms with Gasteiger partial charge in [-0.25, -0.2) is 4.39 Å². The van der Waals surface area contributed by atoms with Crippen LogP contribution in [0.3, 0.4) is 0 Å². The molecule has 2 rings (SSSR count). The highest BCUT2D eigenvalue weighted by Gasteiger charge is 2.17. The fourth-order valence-corrected chi connectivity index (χ4v) is 3.67. The second-order valence-electron chi connectivity index (χ2n) is 3.97. The Morgan fingerprint density at radius 2 is 1.70 bits per heavy atom. The van der Waals surface area contributed by atoms with E-state index in [0.717, 1.165) is 6.07 Å². The molecule has 0 bridgehead atoms. The number of benzene rings is 2. The number of halogens is 3. The Morgan fingerprint density at radius 3 is 2.30 bits per heavy atom. The molecule has 2 aromatic carbocycles. The number of carbonyl (C=O) groups excluding carboxylic acids is 1.